The summed E-state index contributed by atoms with van der Waals surface area (Å²) in [5, 5.41) is 0. The Hall–Kier alpha value is -0.883. The van der Waals surface area contributed by atoms with E-state index in [1.165, 1.54) is 0 Å². The van der Waals surface area contributed by atoms with Crippen LogP contribution in [-0.4, -0.2) is 27.1 Å². The second-order valence-electron chi connectivity index (χ2n) is 3.27. The maximum Gasteiger partial charge on any atom is 0.415 e. The summed E-state index contributed by atoms with van der Waals surface area (Å²) in [6.45, 7) is 7.59. The van der Waals surface area contributed by atoms with Crippen molar-refractivity contribution in [3.05, 3.63) is 0 Å². The first-order valence-electron chi connectivity index (χ1n) is 5.23. The number of carbonyl (C=O) groups is 2. The highest BCUT2D eigenvalue weighted by Gasteiger charge is 2.33. The Kier molecular flexibility index (Phi) is 6.19. The van der Waals surface area contributed by atoms with Crippen LogP contribution < -0.4 is 9.96 Å². The molecular formula is C9H20N2O3Si. The van der Waals surface area contributed by atoms with Crippen LogP contribution in [0, 0.1) is 0 Å². The van der Waals surface area contributed by atoms with Gasteiger partial charge in [0.2, 0.25) is 11.8 Å². The fourth-order valence-corrected chi connectivity index (χ4v) is 3.30. The normalized spacial score (nSPS) is 10.9. The van der Waals surface area contributed by atoms with Gasteiger partial charge in [0.1, 0.15) is 0 Å². The van der Waals surface area contributed by atoms with Gasteiger partial charge in [0.25, 0.3) is 0 Å². The summed E-state index contributed by atoms with van der Waals surface area (Å²) < 4.78 is 5.45. The van der Waals surface area contributed by atoms with E-state index in [0.717, 1.165) is 0 Å². The molecule has 2 N–H and O–H groups in total. The molecule has 6 heteroatoms. The molecule has 0 heterocycles. The van der Waals surface area contributed by atoms with Crippen LogP contribution in [0.5, 0.6) is 0 Å². The molecule has 0 atom stereocenters. The van der Waals surface area contributed by atoms with Gasteiger partial charge in [0.15, 0.2) is 0 Å². The van der Waals surface area contributed by atoms with Gasteiger partial charge in [-0.15, -0.1) is 0 Å². The molecule has 0 spiro atoms. The summed E-state index contributed by atoms with van der Waals surface area (Å²) >= 11 is 0. The Labute approximate surface area is 91.9 Å². The van der Waals surface area contributed by atoms with Crippen molar-refractivity contribution in [3.63, 3.8) is 0 Å². The lowest BCUT2D eigenvalue weighted by molar-refractivity contribution is -0.120. The second-order valence-corrected chi connectivity index (χ2v) is 6.12. The number of nitrogens with one attached hydrogen (secondary N) is 2. The molecule has 0 bridgehead atoms. The Morgan fingerprint density at radius 1 is 1.07 bits per heavy atom. The predicted octanol–water partition coefficient (Wildman–Crippen LogP) is 0.644. The molecule has 15 heavy (non-hydrogen) atoms. The third-order valence-electron chi connectivity index (χ3n) is 1.83. The lowest BCUT2D eigenvalue weighted by Gasteiger charge is -2.27. The monoisotopic (exact) mass is 232 g/mol. The highest BCUT2D eigenvalue weighted by atomic mass is 28.4. The van der Waals surface area contributed by atoms with E-state index in [0.29, 0.717) is 19.4 Å². The van der Waals surface area contributed by atoms with E-state index in [2.05, 4.69) is 9.96 Å². The second kappa shape index (κ2) is 6.57. The first-order chi connectivity index (χ1) is 6.97. The summed E-state index contributed by atoms with van der Waals surface area (Å²) in [6, 6.07) is 0. The average molecular weight is 232 g/mol. The van der Waals surface area contributed by atoms with Crippen LogP contribution >= 0.6 is 0 Å². The lowest BCUT2D eigenvalue weighted by Crippen LogP contribution is -2.65. The molecule has 0 aromatic carbocycles. The SMILES string of the molecule is CCO[Si](C)(NC(=O)CC)NC(=O)CC. The zero-order valence-corrected chi connectivity index (χ0v) is 10.8. The van der Waals surface area contributed by atoms with Crippen LogP contribution in [0.1, 0.15) is 33.6 Å². The molecule has 2 amide bonds. The summed E-state index contributed by atoms with van der Waals surface area (Å²) in [6.07, 6.45) is 0.773. The lowest BCUT2D eigenvalue weighted by atomic mass is 10.5. The smallest absolute Gasteiger partial charge is 0.384 e. The van der Waals surface area contributed by atoms with E-state index in [1.807, 2.05) is 6.92 Å². The largest absolute Gasteiger partial charge is 0.415 e. The van der Waals surface area contributed by atoms with E-state index in [-0.39, 0.29) is 11.8 Å². The van der Waals surface area contributed by atoms with E-state index < -0.39 is 8.64 Å². The van der Waals surface area contributed by atoms with Crippen molar-refractivity contribution >= 4 is 20.5 Å². The molecule has 0 aromatic rings. The van der Waals surface area contributed by atoms with Crippen LogP contribution in [0.2, 0.25) is 6.55 Å². The minimum Gasteiger partial charge on any atom is -0.384 e. The predicted molar refractivity (Wildman–Crippen MR) is 60.1 cm³/mol. The van der Waals surface area contributed by atoms with Crippen LogP contribution in [-0.2, 0) is 14.0 Å². The molecule has 0 aromatic heterocycles. The van der Waals surface area contributed by atoms with Crippen molar-refractivity contribution in [2.75, 3.05) is 6.61 Å². The highest BCUT2D eigenvalue weighted by Crippen LogP contribution is 1.98. The van der Waals surface area contributed by atoms with Gasteiger partial charge in [-0.3, -0.25) is 9.59 Å². The topological polar surface area (TPSA) is 67.4 Å². The fourth-order valence-electron chi connectivity index (χ4n) is 1.10. The maximum absolute atomic E-state index is 11.3. The molecule has 88 valence electrons. The Morgan fingerprint density at radius 2 is 1.47 bits per heavy atom. The first kappa shape index (κ1) is 14.1. The molecule has 0 unspecified atom stereocenters. The molecule has 0 radical (unpaired) electrons. The number of carbonyl (C=O) groups excluding carboxylic acids is 2. The molecule has 5 nitrogen and oxygen atoms in total. The van der Waals surface area contributed by atoms with E-state index in [9.17, 15) is 9.59 Å². The van der Waals surface area contributed by atoms with Crippen LogP contribution in [0.15, 0.2) is 0 Å². The van der Waals surface area contributed by atoms with Gasteiger partial charge in [-0.05, 0) is 13.5 Å². The fraction of sp³-hybridized carbons (Fsp3) is 0.778. The molecule has 0 saturated heterocycles. The molecular weight excluding hydrogens is 212 g/mol. The molecule has 0 aliphatic rings. The van der Waals surface area contributed by atoms with Crippen molar-refractivity contribution in [1.29, 1.82) is 0 Å². The van der Waals surface area contributed by atoms with Gasteiger partial charge < -0.3 is 14.4 Å². The van der Waals surface area contributed by atoms with Gasteiger partial charge in [-0.1, -0.05) is 13.8 Å². The van der Waals surface area contributed by atoms with Crippen molar-refractivity contribution in [2.24, 2.45) is 0 Å². The zero-order valence-electron chi connectivity index (χ0n) is 9.85. The maximum atomic E-state index is 11.3. The molecule has 0 aliphatic carbocycles. The van der Waals surface area contributed by atoms with Gasteiger partial charge >= 0.3 is 8.64 Å². The van der Waals surface area contributed by atoms with Crippen molar-refractivity contribution in [1.82, 2.24) is 9.96 Å². The summed E-state index contributed by atoms with van der Waals surface area (Å²) in [5.41, 5.74) is 0. The quantitative estimate of drug-likeness (QED) is 0.661. The van der Waals surface area contributed by atoms with E-state index >= 15 is 0 Å². The van der Waals surface area contributed by atoms with Gasteiger partial charge in [-0.25, -0.2) is 0 Å². The number of amides is 2. The zero-order chi connectivity index (χ0) is 11.9. The number of hydrogen-bond donors (Lipinski definition) is 2. The van der Waals surface area contributed by atoms with Crippen LogP contribution in [0.4, 0.5) is 0 Å². The average Bonchev–Trinajstić information content (AvgIpc) is 2.17. The summed E-state index contributed by atoms with van der Waals surface area (Å²) in [4.78, 5) is 28.0. The van der Waals surface area contributed by atoms with Gasteiger partial charge in [-0.2, -0.15) is 0 Å². The summed E-state index contributed by atoms with van der Waals surface area (Å²) in [5.74, 6) is -0.206. The highest BCUT2D eigenvalue weighted by molar-refractivity contribution is 6.72. The Bertz CT molecular complexity index is 215. The van der Waals surface area contributed by atoms with Crippen LogP contribution in [0.3, 0.4) is 0 Å². The standard InChI is InChI=1S/C9H20N2O3Si/c1-5-8(12)10-15(4,14-7-3)11-9(13)6-2/h5-7H2,1-4H3,(H,10,12)(H,11,13). The molecule has 0 saturated carbocycles. The third-order valence-corrected chi connectivity index (χ3v) is 4.21. The first-order valence-corrected chi connectivity index (χ1v) is 7.64. The molecule has 0 aliphatic heterocycles. The van der Waals surface area contributed by atoms with Gasteiger partial charge in [0, 0.05) is 19.4 Å². The number of hydrogen-bond acceptors (Lipinski definition) is 3. The van der Waals surface area contributed by atoms with Crippen molar-refractivity contribution in [2.45, 2.75) is 40.2 Å². The van der Waals surface area contributed by atoms with E-state index in [1.54, 1.807) is 20.4 Å². The Balaban J connectivity index is 4.43. The number of rotatable bonds is 6. The van der Waals surface area contributed by atoms with Crippen molar-refractivity contribution < 1.29 is 14.0 Å². The van der Waals surface area contributed by atoms with E-state index in [4.69, 9.17) is 4.43 Å². The minimum absolute atomic E-state index is 0.103. The molecule has 0 fully saturated rings. The van der Waals surface area contributed by atoms with Crippen LogP contribution in [0.25, 0.3) is 0 Å². The van der Waals surface area contributed by atoms with Crippen molar-refractivity contribution in [3.8, 4) is 0 Å². The third kappa shape index (κ3) is 5.53. The summed E-state index contributed by atoms with van der Waals surface area (Å²) in [7, 11) is -2.62. The Morgan fingerprint density at radius 3 is 1.73 bits per heavy atom. The minimum atomic E-state index is -2.62. The molecule has 0 rings (SSSR count). The van der Waals surface area contributed by atoms with Gasteiger partial charge in [0.05, 0.1) is 0 Å².